The van der Waals surface area contributed by atoms with Crippen LogP contribution in [-0.4, -0.2) is 34.5 Å². The average Bonchev–Trinajstić information content (AvgIpc) is 2.54. The Morgan fingerprint density at radius 2 is 1.50 bits per heavy atom. The predicted octanol–water partition coefficient (Wildman–Crippen LogP) is 4.45. The van der Waals surface area contributed by atoms with Crippen molar-refractivity contribution in [2.24, 2.45) is 0 Å². The molecule has 0 radical (unpaired) electrons. The van der Waals surface area contributed by atoms with Crippen LogP contribution in [0.1, 0.15) is 51.4 Å². The molecule has 1 rings (SSSR count). The molecule has 1 aromatic carbocycles. The number of carboxylic acid groups (broad SMARTS) is 2. The third-order valence-corrected chi connectivity index (χ3v) is 4.58. The topological polar surface area (TPSA) is 83.8 Å². The molecule has 0 spiro atoms. The lowest BCUT2D eigenvalue weighted by molar-refractivity contribution is -0.138. The van der Waals surface area contributed by atoms with Crippen molar-refractivity contribution in [1.82, 2.24) is 0 Å². The highest BCUT2D eigenvalue weighted by Crippen LogP contribution is 2.30. The summed E-state index contributed by atoms with van der Waals surface area (Å²) < 4.78 is 5.68. The SMILES string of the molecule is O=C(O)CCCCCCCSc1ccccc1OCCCC(=O)O. The van der Waals surface area contributed by atoms with Gasteiger partial charge >= 0.3 is 11.9 Å². The van der Waals surface area contributed by atoms with Gasteiger partial charge in [-0.1, -0.05) is 31.4 Å². The molecule has 0 aliphatic carbocycles. The third kappa shape index (κ3) is 10.2. The summed E-state index contributed by atoms with van der Waals surface area (Å²) in [5.41, 5.74) is 0. The van der Waals surface area contributed by atoms with Gasteiger partial charge in [0.15, 0.2) is 0 Å². The molecular formula is C18H26O5S. The smallest absolute Gasteiger partial charge is 0.303 e. The first-order valence-electron chi connectivity index (χ1n) is 8.38. The molecule has 0 heterocycles. The zero-order valence-corrected chi connectivity index (χ0v) is 14.7. The Labute approximate surface area is 147 Å². The largest absolute Gasteiger partial charge is 0.492 e. The van der Waals surface area contributed by atoms with Gasteiger partial charge in [-0.15, -0.1) is 11.8 Å². The molecule has 6 heteroatoms. The summed E-state index contributed by atoms with van der Waals surface area (Å²) >= 11 is 1.74. The lowest BCUT2D eigenvalue weighted by Crippen LogP contribution is -2.02. The van der Waals surface area contributed by atoms with Crippen LogP contribution in [0.4, 0.5) is 0 Å². The number of thioether (sulfide) groups is 1. The zero-order valence-electron chi connectivity index (χ0n) is 13.9. The molecule has 0 atom stereocenters. The quantitative estimate of drug-likeness (QED) is 0.379. The second kappa shape index (κ2) is 12.7. The summed E-state index contributed by atoms with van der Waals surface area (Å²) in [4.78, 5) is 22.0. The van der Waals surface area contributed by atoms with Crippen molar-refractivity contribution in [3.63, 3.8) is 0 Å². The zero-order chi connectivity index (χ0) is 17.6. The Balaban J connectivity index is 2.18. The van der Waals surface area contributed by atoms with Crippen LogP contribution in [0.15, 0.2) is 29.2 Å². The van der Waals surface area contributed by atoms with E-state index in [1.165, 1.54) is 0 Å². The summed E-state index contributed by atoms with van der Waals surface area (Å²) in [7, 11) is 0. The fraction of sp³-hybridized carbons (Fsp3) is 0.556. The van der Waals surface area contributed by atoms with E-state index in [0.29, 0.717) is 13.0 Å². The maximum atomic E-state index is 10.5. The van der Waals surface area contributed by atoms with E-state index in [0.717, 1.165) is 48.5 Å². The van der Waals surface area contributed by atoms with Crippen LogP contribution >= 0.6 is 11.8 Å². The Hall–Kier alpha value is -1.69. The van der Waals surface area contributed by atoms with E-state index in [1.807, 2.05) is 24.3 Å². The van der Waals surface area contributed by atoms with Crippen molar-refractivity contribution in [3.05, 3.63) is 24.3 Å². The minimum absolute atomic E-state index is 0.122. The van der Waals surface area contributed by atoms with E-state index >= 15 is 0 Å². The molecule has 0 aliphatic heterocycles. The lowest BCUT2D eigenvalue weighted by Gasteiger charge is -2.10. The van der Waals surface area contributed by atoms with Gasteiger partial charge in [-0.05, 0) is 37.1 Å². The van der Waals surface area contributed by atoms with Crippen molar-refractivity contribution in [2.45, 2.75) is 56.3 Å². The van der Waals surface area contributed by atoms with Crippen LogP contribution in [0.2, 0.25) is 0 Å². The Morgan fingerprint density at radius 3 is 2.25 bits per heavy atom. The molecule has 2 N–H and O–H groups in total. The molecule has 0 aliphatic rings. The number of benzene rings is 1. The van der Waals surface area contributed by atoms with Gasteiger partial charge < -0.3 is 14.9 Å². The molecule has 0 aromatic heterocycles. The van der Waals surface area contributed by atoms with Gasteiger partial charge in [0.25, 0.3) is 0 Å². The fourth-order valence-corrected chi connectivity index (χ4v) is 3.20. The number of carboxylic acids is 2. The van der Waals surface area contributed by atoms with Crippen molar-refractivity contribution < 1.29 is 24.5 Å². The van der Waals surface area contributed by atoms with Crippen molar-refractivity contribution in [3.8, 4) is 5.75 Å². The molecule has 5 nitrogen and oxygen atoms in total. The maximum absolute atomic E-state index is 10.5. The first kappa shape index (κ1) is 20.4. The molecule has 0 saturated heterocycles. The van der Waals surface area contributed by atoms with Crippen LogP contribution in [-0.2, 0) is 9.59 Å². The predicted molar refractivity (Wildman–Crippen MR) is 94.9 cm³/mol. The van der Waals surface area contributed by atoms with Crippen LogP contribution in [0.25, 0.3) is 0 Å². The van der Waals surface area contributed by atoms with E-state index in [-0.39, 0.29) is 12.8 Å². The molecule has 0 fully saturated rings. The summed E-state index contributed by atoms with van der Waals surface area (Å²) in [6, 6.07) is 7.82. The monoisotopic (exact) mass is 354 g/mol. The first-order chi connectivity index (χ1) is 11.6. The molecule has 0 amide bonds. The normalized spacial score (nSPS) is 10.5. The molecule has 134 valence electrons. The van der Waals surface area contributed by atoms with E-state index in [2.05, 4.69) is 0 Å². The standard InChI is InChI=1S/C18H26O5S/c19-17(20)11-4-2-1-3-7-14-24-16-10-6-5-9-15(16)23-13-8-12-18(21)22/h5-6,9-10H,1-4,7-8,11-14H2,(H,19,20)(H,21,22). The highest BCUT2D eigenvalue weighted by molar-refractivity contribution is 7.99. The minimum Gasteiger partial charge on any atom is -0.492 e. The first-order valence-corrected chi connectivity index (χ1v) is 9.36. The van der Waals surface area contributed by atoms with E-state index in [4.69, 9.17) is 14.9 Å². The van der Waals surface area contributed by atoms with Crippen LogP contribution in [0.3, 0.4) is 0 Å². The molecule has 0 bridgehead atoms. The number of rotatable bonds is 14. The van der Waals surface area contributed by atoms with Gasteiger partial charge in [-0.2, -0.15) is 0 Å². The maximum Gasteiger partial charge on any atom is 0.303 e. The van der Waals surface area contributed by atoms with Crippen LogP contribution in [0, 0.1) is 0 Å². The number of hydrogen-bond acceptors (Lipinski definition) is 4. The number of ether oxygens (including phenoxy) is 1. The van der Waals surface area contributed by atoms with Crippen molar-refractivity contribution >= 4 is 23.7 Å². The van der Waals surface area contributed by atoms with Gasteiger partial charge in [0, 0.05) is 17.7 Å². The molecule has 0 saturated carbocycles. The second-order valence-corrected chi connectivity index (χ2v) is 6.69. The van der Waals surface area contributed by atoms with E-state index in [9.17, 15) is 9.59 Å². The third-order valence-electron chi connectivity index (χ3n) is 3.43. The van der Waals surface area contributed by atoms with Gasteiger partial charge in [0.1, 0.15) is 5.75 Å². The highest BCUT2D eigenvalue weighted by Gasteiger charge is 2.04. The number of para-hydroxylation sites is 1. The van der Waals surface area contributed by atoms with Crippen molar-refractivity contribution in [1.29, 1.82) is 0 Å². The summed E-state index contributed by atoms with van der Waals surface area (Å²) in [5, 5.41) is 17.2. The summed E-state index contributed by atoms with van der Waals surface area (Å²) in [6.07, 6.45) is 5.89. The number of hydrogen-bond donors (Lipinski definition) is 2. The van der Waals surface area contributed by atoms with Crippen LogP contribution < -0.4 is 4.74 Å². The molecule has 24 heavy (non-hydrogen) atoms. The summed E-state index contributed by atoms with van der Waals surface area (Å²) in [5.74, 6) is 0.290. The van der Waals surface area contributed by atoms with E-state index in [1.54, 1.807) is 11.8 Å². The fourth-order valence-electron chi connectivity index (χ4n) is 2.18. The number of aliphatic carboxylic acids is 2. The van der Waals surface area contributed by atoms with Crippen molar-refractivity contribution in [2.75, 3.05) is 12.4 Å². The summed E-state index contributed by atoms with van der Waals surface area (Å²) in [6.45, 7) is 0.410. The molecule has 1 aromatic rings. The lowest BCUT2D eigenvalue weighted by atomic mass is 10.1. The Bertz CT molecular complexity index is 504. The van der Waals surface area contributed by atoms with Gasteiger partial charge in [-0.25, -0.2) is 0 Å². The van der Waals surface area contributed by atoms with Gasteiger partial charge in [0.2, 0.25) is 0 Å². The molecular weight excluding hydrogens is 328 g/mol. The highest BCUT2D eigenvalue weighted by atomic mass is 32.2. The molecule has 0 unspecified atom stereocenters. The second-order valence-electron chi connectivity index (χ2n) is 5.55. The number of carbonyl (C=O) groups is 2. The van der Waals surface area contributed by atoms with Crippen LogP contribution in [0.5, 0.6) is 5.75 Å². The average molecular weight is 354 g/mol. The number of unbranched alkanes of at least 4 members (excludes halogenated alkanes) is 4. The van der Waals surface area contributed by atoms with Gasteiger partial charge in [-0.3, -0.25) is 9.59 Å². The van der Waals surface area contributed by atoms with E-state index < -0.39 is 11.9 Å². The Morgan fingerprint density at radius 1 is 0.875 bits per heavy atom. The minimum atomic E-state index is -0.801. The Kier molecular flexibility index (Phi) is 10.8. The van der Waals surface area contributed by atoms with Gasteiger partial charge in [0.05, 0.1) is 6.61 Å².